The second-order valence-electron chi connectivity index (χ2n) is 5.72. The molecule has 114 valence electrons. The molecule has 3 N–H and O–H groups in total. The Hall–Kier alpha value is -1.91. The van der Waals surface area contributed by atoms with Gasteiger partial charge in [-0.15, -0.1) is 0 Å². The van der Waals surface area contributed by atoms with Crippen LogP contribution in [0.5, 0.6) is 0 Å². The summed E-state index contributed by atoms with van der Waals surface area (Å²) in [6.45, 7) is 4.91. The summed E-state index contributed by atoms with van der Waals surface area (Å²) in [6.07, 6.45) is 0. The lowest BCUT2D eigenvalue weighted by atomic mass is 10.1. The minimum atomic E-state index is 0.759. The topological polar surface area (TPSA) is 39.3 Å². The predicted octanol–water partition coefficient (Wildman–Crippen LogP) is 3.42. The number of nitrogens with zero attached hydrogens (tertiary/aromatic N) is 1. The van der Waals surface area contributed by atoms with Crippen molar-refractivity contribution in [3.05, 3.63) is 47.0 Å². The summed E-state index contributed by atoms with van der Waals surface area (Å²) < 4.78 is 0. The standard InChI is InChI=1S/C17H19ClN4/c18-13-5-4-12-11-20-14-2-1-3-16(17(14)21-15(12)10-13)22-8-6-19-7-9-22/h1-5,10,19-21H,6-9,11H2. The van der Waals surface area contributed by atoms with Crippen molar-refractivity contribution in [1.82, 2.24) is 5.32 Å². The van der Waals surface area contributed by atoms with Crippen molar-refractivity contribution in [3.8, 4) is 0 Å². The second-order valence-corrected chi connectivity index (χ2v) is 6.15. The molecule has 0 aromatic heterocycles. The molecule has 4 rings (SSSR count). The molecule has 1 saturated heterocycles. The third-order valence-electron chi connectivity index (χ3n) is 4.30. The number of piperazine rings is 1. The maximum Gasteiger partial charge on any atom is 0.0857 e. The van der Waals surface area contributed by atoms with Crippen LogP contribution in [-0.2, 0) is 6.54 Å². The third-order valence-corrected chi connectivity index (χ3v) is 4.54. The van der Waals surface area contributed by atoms with Gasteiger partial charge in [0, 0.05) is 43.4 Å². The van der Waals surface area contributed by atoms with Crippen LogP contribution in [0.3, 0.4) is 0 Å². The zero-order valence-corrected chi connectivity index (χ0v) is 13.1. The Morgan fingerprint density at radius 2 is 1.86 bits per heavy atom. The molecule has 2 aliphatic heterocycles. The smallest absolute Gasteiger partial charge is 0.0857 e. The molecule has 1 fully saturated rings. The van der Waals surface area contributed by atoms with Gasteiger partial charge in [0.05, 0.1) is 17.1 Å². The van der Waals surface area contributed by atoms with Crippen molar-refractivity contribution in [2.75, 3.05) is 41.7 Å². The normalized spacial score (nSPS) is 16.9. The Kier molecular flexibility index (Phi) is 3.56. The lowest BCUT2D eigenvalue weighted by molar-refractivity contribution is 0.590. The molecular formula is C17H19ClN4. The van der Waals surface area contributed by atoms with Crippen LogP contribution in [0.4, 0.5) is 22.7 Å². The fourth-order valence-corrected chi connectivity index (χ4v) is 3.30. The van der Waals surface area contributed by atoms with Crippen LogP contribution in [0.2, 0.25) is 5.02 Å². The first kappa shape index (κ1) is 13.7. The van der Waals surface area contributed by atoms with Crippen LogP contribution in [0, 0.1) is 0 Å². The molecule has 0 bridgehead atoms. The SMILES string of the molecule is Clc1ccc2c(c1)Nc1c(cccc1N1CCNCC1)NC2. The minimum Gasteiger partial charge on any atom is -0.379 e. The van der Waals surface area contributed by atoms with Crippen molar-refractivity contribution in [2.45, 2.75) is 6.54 Å². The van der Waals surface area contributed by atoms with Gasteiger partial charge in [-0.25, -0.2) is 0 Å². The van der Waals surface area contributed by atoms with E-state index in [0.29, 0.717) is 0 Å². The molecule has 0 radical (unpaired) electrons. The number of anilines is 4. The molecule has 0 amide bonds. The van der Waals surface area contributed by atoms with Crippen LogP contribution < -0.4 is 20.9 Å². The monoisotopic (exact) mass is 314 g/mol. The van der Waals surface area contributed by atoms with E-state index in [4.69, 9.17) is 11.6 Å². The van der Waals surface area contributed by atoms with Gasteiger partial charge in [-0.2, -0.15) is 0 Å². The summed E-state index contributed by atoms with van der Waals surface area (Å²) in [6, 6.07) is 12.5. The molecule has 2 heterocycles. The molecule has 2 aromatic carbocycles. The van der Waals surface area contributed by atoms with Crippen LogP contribution in [0.1, 0.15) is 5.56 Å². The van der Waals surface area contributed by atoms with Crippen LogP contribution in [0.25, 0.3) is 0 Å². The van der Waals surface area contributed by atoms with Gasteiger partial charge in [0.1, 0.15) is 0 Å². The predicted molar refractivity (Wildman–Crippen MR) is 93.6 cm³/mol. The Bertz CT molecular complexity index is 695. The van der Waals surface area contributed by atoms with Crippen molar-refractivity contribution < 1.29 is 0 Å². The van der Waals surface area contributed by atoms with Crippen LogP contribution in [0.15, 0.2) is 36.4 Å². The average Bonchev–Trinajstić information content (AvgIpc) is 2.74. The molecule has 0 unspecified atom stereocenters. The molecule has 4 nitrogen and oxygen atoms in total. The van der Waals surface area contributed by atoms with Crippen LogP contribution >= 0.6 is 11.6 Å². The molecule has 2 aliphatic rings. The lowest BCUT2D eigenvalue weighted by Gasteiger charge is -2.31. The highest BCUT2D eigenvalue weighted by Gasteiger charge is 2.19. The molecule has 0 saturated carbocycles. The summed E-state index contributed by atoms with van der Waals surface area (Å²) in [4.78, 5) is 2.43. The zero-order valence-electron chi connectivity index (χ0n) is 12.3. The van der Waals surface area contributed by atoms with E-state index in [2.05, 4.69) is 45.1 Å². The fraction of sp³-hybridized carbons (Fsp3) is 0.294. The van der Waals surface area contributed by atoms with E-state index >= 15 is 0 Å². The van der Waals surface area contributed by atoms with Crippen molar-refractivity contribution in [2.24, 2.45) is 0 Å². The number of hydrogen-bond donors (Lipinski definition) is 3. The Labute approximate surface area is 135 Å². The second kappa shape index (κ2) is 5.71. The van der Waals surface area contributed by atoms with Crippen molar-refractivity contribution in [1.29, 1.82) is 0 Å². The molecule has 0 aliphatic carbocycles. The minimum absolute atomic E-state index is 0.759. The summed E-state index contributed by atoms with van der Waals surface area (Å²) in [5, 5.41) is 11.3. The third kappa shape index (κ3) is 2.49. The van der Waals surface area contributed by atoms with Gasteiger partial charge in [0.15, 0.2) is 0 Å². The summed E-state index contributed by atoms with van der Waals surface area (Å²) in [5.74, 6) is 0. The molecule has 22 heavy (non-hydrogen) atoms. The Morgan fingerprint density at radius 3 is 2.73 bits per heavy atom. The van der Waals surface area contributed by atoms with E-state index in [-0.39, 0.29) is 0 Å². The van der Waals surface area contributed by atoms with Gasteiger partial charge < -0.3 is 20.9 Å². The largest absolute Gasteiger partial charge is 0.379 e. The number of hydrogen-bond acceptors (Lipinski definition) is 4. The highest BCUT2D eigenvalue weighted by Crippen LogP contribution is 2.39. The summed E-state index contributed by atoms with van der Waals surface area (Å²) in [5.41, 5.74) is 5.85. The molecule has 5 heteroatoms. The zero-order chi connectivity index (χ0) is 14.9. The fourth-order valence-electron chi connectivity index (χ4n) is 3.13. The van der Waals surface area contributed by atoms with Gasteiger partial charge in [-0.1, -0.05) is 23.7 Å². The van der Waals surface area contributed by atoms with E-state index in [1.807, 2.05) is 12.1 Å². The quantitative estimate of drug-likeness (QED) is 0.754. The van der Waals surface area contributed by atoms with Gasteiger partial charge in [0.2, 0.25) is 0 Å². The van der Waals surface area contributed by atoms with E-state index in [9.17, 15) is 0 Å². The van der Waals surface area contributed by atoms with E-state index in [0.717, 1.165) is 54.8 Å². The summed E-state index contributed by atoms with van der Waals surface area (Å²) in [7, 11) is 0. The number of rotatable bonds is 1. The van der Waals surface area contributed by atoms with Crippen LogP contribution in [-0.4, -0.2) is 26.2 Å². The van der Waals surface area contributed by atoms with E-state index in [1.54, 1.807) is 0 Å². The number of fused-ring (bicyclic) bond motifs is 2. The molecule has 2 aromatic rings. The number of benzene rings is 2. The first-order chi connectivity index (χ1) is 10.8. The number of halogens is 1. The van der Waals surface area contributed by atoms with Gasteiger partial charge in [-0.3, -0.25) is 0 Å². The maximum atomic E-state index is 6.17. The van der Waals surface area contributed by atoms with Gasteiger partial charge in [-0.05, 0) is 29.8 Å². The summed E-state index contributed by atoms with van der Waals surface area (Å²) >= 11 is 6.17. The first-order valence-electron chi connectivity index (χ1n) is 7.69. The molecule has 0 spiro atoms. The lowest BCUT2D eigenvalue weighted by Crippen LogP contribution is -2.43. The molecular weight excluding hydrogens is 296 g/mol. The maximum absolute atomic E-state index is 6.17. The number of nitrogens with one attached hydrogen (secondary N) is 3. The highest BCUT2D eigenvalue weighted by molar-refractivity contribution is 6.30. The average molecular weight is 315 g/mol. The Balaban J connectivity index is 1.76. The van der Waals surface area contributed by atoms with Crippen molar-refractivity contribution in [3.63, 3.8) is 0 Å². The van der Waals surface area contributed by atoms with Gasteiger partial charge in [0.25, 0.3) is 0 Å². The van der Waals surface area contributed by atoms with Crippen molar-refractivity contribution >= 4 is 34.4 Å². The first-order valence-corrected chi connectivity index (χ1v) is 8.07. The van der Waals surface area contributed by atoms with E-state index in [1.165, 1.54) is 11.3 Å². The Morgan fingerprint density at radius 1 is 1.00 bits per heavy atom. The van der Waals surface area contributed by atoms with E-state index < -0.39 is 0 Å². The highest BCUT2D eigenvalue weighted by atomic mass is 35.5. The van der Waals surface area contributed by atoms with Gasteiger partial charge >= 0.3 is 0 Å². The number of para-hydroxylation sites is 1. The molecule has 0 atom stereocenters.